The van der Waals surface area contributed by atoms with Crippen LogP contribution in [0, 0.1) is 0 Å². The molecular weight excluding hydrogens is 456 g/mol. The Balaban J connectivity index is 1.94. The van der Waals surface area contributed by atoms with Gasteiger partial charge in [0.05, 0.1) is 48.5 Å². The molecule has 0 unspecified atom stereocenters. The summed E-state index contributed by atoms with van der Waals surface area (Å²) in [5.74, 6) is 2.63. The Bertz CT molecular complexity index is 1390. The van der Waals surface area contributed by atoms with E-state index in [2.05, 4.69) is 9.97 Å². The molecule has 8 nitrogen and oxygen atoms in total. The van der Waals surface area contributed by atoms with Crippen molar-refractivity contribution in [3.63, 3.8) is 0 Å². The van der Waals surface area contributed by atoms with Crippen LogP contribution in [0.5, 0.6) is 23.0 Å². The number of H-pyrrole nitrogens is 2. The van der Waals surface area contributed by atoms with E-state index in [0.717, 1.165) is 22.1 Å². The third kappa shape index (κ3) is 4.30. The van der Waals surface area contributed by atoms with Crippen LogP contribution in [-0.4, -0.2) is 46.4 Å². The van der Waals surface area contributed by atoms with Gasteiger partial charge in [0, 0.05) is 0 Å². The molecule has 186 valence electrons. The van der Waals surface area contributed by atoms with Crippen LogP contribution in [0.1, 0.15) is 50.5 Å². The van der Waals surface area contributed by atoms with Crippen molar-refractivity contribution >= 4 is 46.4 Å². The molecular formula is C28H30N4O4. The maximum Gasteiger partial charge on any atom is 0.170 e. The van der Waals surface area contributed by atoms with E-state index in [-0.39, 0.29) is 0 Å². The van der Waals surface area contributed by atoms with E-state index in [9.17, 15) is 0 Å². The largest absolute Gasteiger partial charge is 0.490 e. The van der Waals surface area contributed by atoms with E-state index in [1.165, 1.54) is 0 Å². The van der Waals surface area contributed by atoms with E-state index in [1.54, 1.807) is 0 Å². The fourth-order valence-electron chi connectivity index (χ4n) is 4.29. The molecule has 0 radical (unpaired) electrons. The topological polar surface area (TPSA) is 94.3 Å². The van der Waals surface area contributed by atoms with E-state index >= 15 is 0 Å². The predicted octanol–water partition coefficient (Wildman–Crippen LogP) is 6.25. The van der Waals surface area contributed by atoms with Gasteiger partial charge >= 0.3 is 0 Å². The Kier molecular flexibility index (Phi) is 6.66. The van der Waals surface area contributed by atoms with Crippen LogP contribution in [0.3, 0.4) is 0 Å². The van der Waals surface area contributed by atoms with Gasteiger partial charge in [-0.15, -0.1) is 0 Å². The zero-order chi connectivity index (χ0) is 25.1. The van der Waals surface area contributed by atoms with Gasteiger partial charge in [0.15, 0.2) is 23.0 Å². The van der Waals surface area contributed by atoms with E-state index in [4.69, 9.17) is 28.9 Å². The standard InChI is InChI=1S/C28H30N4O4/c1-5-33-25-17-9-11-19(29-17)26(34-6-2)21-13-15-23(31-21)28(36-8-4)24-16-14-22(32-24)27(35-7-3)20-12-10-18(25)30-20/h9-16,29-30H,5-8H2,1-4H3. The lowest BCUT2D eigenvalue weighted by Crippen LogP contribution is -1.98. The molecule has 36 heavy (non-hydrogen) atoms. The zero-order valence-corrected chi connectivity index (χ0v) is 21.0. The molecule has 5 heterocycles. The predicted molar refractivity (Wildman–Crippen MR) is 144 cm³/mol. The summed E-state index contributed by atoms with van der Waals surface area (Å²) in [4.78, 5) is 16.7. The third-order valence-electron chi connectivity index (χ3n) is 5.72. The van der Waals surface area contributed by atoms with Crippen LogP contribution < -0.4 is 18.9 Å². The summed E-state index contributed by atoms with van der Waals surface area (Å²) in [6.45, 7) is 9.82. The maximum atomic E-state index is 6.07. The summed E-state index contributed by atoms with van der Waals surface area (Å²) >= 11 is 0. The minimum Gasteiger partial charge on any atom is -0.490 e. The molecule has 2 aliphatic heterocycles. The number of nitrogens with one attached hydrogen (secondary N) is 2. The monoisotopic (exact) mass is 486 g/mol. The highest BCUT2D eigenvalue weighted by atomic mass is 16.5. The first kappa shape index (κ1) is 23.5. The van der Waals surface area contributed by atoms with Crippen LogP contribution in [0.15, 0.2) is 24.3 Å². The zero-order valence-electron chi connectivity index (χ0n) is 21.0. The van der Waals surface area contributed by atoms with Gasteiger partial charge in [-0.25, -0.2) is 9.97 Å². The normalized spacial score (nSPS) is 12.1. The molecule has 8 bridgehead atoms. The lowest BCUT2D eigenvalue weighted by molar-refractivity contribution is 0.335. The Morgan fingerprint density at radius 2 is 0.778 bits per heavy atom. The van der Waals surface area contributed by atoms with Crippen LogP contribution >= 0.6 is 0 Å². The van der Waals surface area contributed by atoms with Gasteiger partial charge in [0.25, 0.3) is 0 Å². The first-order valence-corrected chi connectivity index (χ1v) is 12.3. The molecule has 0 aromatic carbocycles. The summed E-state index contributed by atoms with van der Waals surface area (Å²) in [5, 5.41) is 0. The number of nitrogens with zero attached hydrogens (tertiary/aromatic N) is 2. The molecule has 0 atom stereocenters. The summed E-state index contributed by atoms with van der Waals surface area (Å²) in [6.07, 6.45) is 7.72. The Morgan fingerprint density at radius 1 is 0.472 bits per heavy atom. The average Bonchev–Trinajstić information content (AvgIpc) is 3.69. The van der Waals surface area contributed by atoms with Crippen molar-refractivity contribution in [1.82, 2.24) is 19.9 Å². The highest BCUT2D eigenvalue weighted by Crippen LogP contribution is 2.35. The van der Waals surface area contributed by atoms with Gasteiger partial charge in [0.1, 0.15) is 22.8 Å². The second-order valence-corrected chi connectivity index (χ2v) is 8.05. The fourth-order valence-corrected chi connectivity index (χ4v) is 4.29. The Hall–Kier alpha value is -4.20. The first-order chi connectivity index (χ1) is 17.7. The number of fused-ring (bicyclic) bond motifs is 8. The van der Waals surface area contributed by atoms with Crippen molar-refractivity contribution in [2.45, 2.75) is 27.7 Å². The molecule has 0 aliphatic carbocycles. The highest BCUT2D eigenvalue weighted by Gasteiger charge is 2.18. The summed E-state index contributed by atoms with van der Waals surface area (Å²) < 4.78 is 24.2. The average molecular weight is 487 g/mol. The number of aromatic nitrogens is 4. The van der Waals surface area contributed by atoms with Gasteiger partial charge in [-0.2, -0.15) is 0 Å². The SMILES string of the molecule is CCOc1c2nc(c(OCC)c3ccc([nH]3)c(OCC)c3ccc([nH]3)c(OCC)c3nc1C=C3)C=C2. The lowest BCUT2D eigenvalue weighted by atomic mass is 10.3. The molecule has 3 aromatic heterocycles. The number of hydrogen-bond donors (Lipinski definition) is 2. The number of ether oxygens (including phenoxy) is 4. The molecule has 0 saturated heterocycles. The third-order valence-corrected chi connectivity index (χ3v) is 5.72. The second-order valence-electron chi connectivity index (χ2n) is 8.05. The Labute approximate surface area is 209 Å². The quantitative estimate of drug-likeness (QED) is 0.269. The Morgan fingerprint density at radius 3 is 1.17 bits per heavy atom. The van der Waals surface area contributed by atoms with Crippen LogP contribution in [0.4, 0.5) is 0 Å². The smallest absolute Gasteiger partial charge is 0.170 e. The van der Waals surface area contributed by atoms with Crippen molar-refractivity contribution in [3.05, 3.63) is 47.0 Å². The second kappa shape index (κ2) is 10.2. The molecule has 3 aromatic rings. The van der Waals surface area contributed by atoms with Gasteiger partial charge < -0.3 is 28.9 Å². The number of hydrogen-bond acceptors (Lipinski definition) is 6. The van der Waals surface area contributed by atoms with Gasteiger partial charge in [-0.3, -0.25) is 0 Å². The molecule has 2 aliphatic rings. The first-order valence-electron chi connectivity index (χ1n) is 12.3. The summed E-state index contributed by atoms with van der Waals surface area (Å²) in [7, 11) is 0. The van der Waals surface area contributed by atoms with Gasteiger partial charge in [0.2, 0.25) is 0 Å². The van der Waals surface area contributed by atoms with Gasteiger partial charge in [-0.05, 0) is 76.3 Å². The summed E-state index contributed by atoms with van der Waals surface area (Å²) in [6, 6.07) is 7.92. The van der Waals surface area contributed by atoms with Crippen LogP contribution in [0.25, 0.3) is 46.4 Å². The number of aromatic amines is 2. The molecule has 0 spiro atoms. The van der Waals surface area contributed by atoms with E-state index in [0.29, 0.717) is 72.2 Å². The highest BCUT2D eigenvalue weighted by molar-refractivity contribution is 5.87. The van der Waals surface area contributed by atoms with Crippen molar-refractivity contribution in [1.29, 1.82) is 0 Å². The minimum absolute atomic E-state index is 0.486. The van der Waals surface area contributed by atoms with Gasteiger partial charge in [-0.1, -0.05) is 0 Å². The minimum atomic E-state index is 0.486. The van der Waals surface area contributed by atoms with Crippen LogP contribution in [0.2, 0.25) is 0 Å². The number of rotatable bonds is 8. The van der Waals surface area contributed by atoms with Crippen molar-refractivity contribution in [2.24, 2.45) is 0 Å². The fraction of sp³-hybridized carbons (Fsp3) is 0.286. The van der Waals surface area contributed by atoms with E-state index in [1.807, 2.05) is 76.3 Å². The van der Waals surface area contributed by atoms with Crippen molar-refractivity contribution < 1.29 is 18.9 Å². The van der Waals surface area contributed by atoms with Crippen molar-refractivity contribution in [2.75, 3.05) is 26.4 Å². The molecule has 0 fully saturated rings. The summed E-state index contributed by atoms with van der Waals surface area (Å²) in [5.41, 5.74) is 6.05. The van der Waals surface area contributed by atoms with Crippen molar-refractivity contribution in [3.8, 4) is 23.0 Å². The molecule has 0 saturated carbocycles. The molecule has 0 amide bonds. The lowest BCUT2D eigenvalue weighted by Gasteiger charge is -2.06. The molecule has 2 N–H and O–H groups in total. The molecule has 5 rings (SSSR count). The van der Waals surface area contributed by atoms with Crippen LogP contribution in [-0.2, 0) is 0 Å². The maximum absolute atomic E-state index is 6.07. The van der Waals surface area contributed by atoms with E-state index < -0.39 is 0 Å². The molecule has 8 heteroatoms.